The maximum absolute atomic E-state index is 10.4. The zero-order chi connectivity index (χ0) is 12.3. The van der Waals surface area contributed by atoms with E-state index in [-0.39, 0.29) is 6.42 Å². The van der Waals surface area contributed by atoms with E-state index in [0.717, 1.165) is 13.1 Å². The van der Waals surface area contributed by atoms with E-state index < -0.39 is 5.97 Å². The molecular weight excluding hydrogens is 218 g/mol. The molecule has 0 atom stereocenters. The van der Waals surface area contributed by atoms with Crippen molar-refractivity contribution in [1.29, 1.82) is 0 Å². The van der Waals surface area contributed by atoms with Gasteiger partial charge in [0.05, 0.1) is 12.0 Å². The SMILES string of the molecule is CN(CCCC(=O)O)Cc1cncn1C1CC1. The van der Waals surface area contributed by atoms with Crippen molar-refractivity contribution in [3.8, 4) is 0 Å². The molecule has 0 unspecified atom stereocenters. The van der Waals surface area contributed by atoms with Crippen LogP contribution in [0.3, 0.4) is 0 Å². The predicted octanol–water partition coefficient (Wildman–Crippen LogP) is 1.51. The topological polar surface area (TPSA) is 58.4 Å². The van der Waals surface area contributed by atoms with Crippen LogP contribution in [0.2, 0.25) is 0 Å². The van der Waals surface area contributed by atoms with Gasteiger partial charge in [-0.25, -0.2) is 4.98 Å². The van der Waals surface area contributed by atoms with Crippen LogP contribution in [0.15, 0.2) is 12.5 Å². The van der Waals surface area contributed by atoms with Crippen LogP contribution in [0, 0.1) is 0 Å². The van der Waals surface area contributed by atoms with Gasteiger partial charge in [-0.15, -0.1) is 0 Å². The Morgan fingerprint density at radius 3 is 3.06 bits per heavy atom. The summed E-state index contributed by atoms with van der Waals surface area (Å²) < 4.78 is 2.24. The quantitative estimate of drug-likeness (QED) is 0.781. The lowest BCUT2D eigenvalue weighted by Gasteiger charge is -2.17. The monoisotopic (exact) mass is 237 g/mol. The summed E-state index contributed by atoms with van der Waals surface area (Å²) in [5, 5.41) is 8.58. The first-order valence-electron chi connectivity index (χ1n) is 6.08. The van der Waals surface area contributed by atoms with Crippen LogP contribution in [-0.2, 0) is 11.3 Å². The zero-order valence-electron chi connectivity index (χ0n) is 10.2. The number of imidazole rings is 1. The number of aliphatic carboxylic acids is 1. The second-order valence-electron chi connectivity index (χ2n) is 4.76. The van der Waals surface area contributed by atoms with E-state index in [2.05, 4.69) is 14.5 Å². The van der Waals surface area contributed by atoms with Crippen LogP contribution in [0.25, 0.3) is 0 Å². The Balaban J connectivity index is 1.78. The highest BCUT2D eigenvalue weighted by atomic mass is 16.4. The van der Waals surface area contributed by atoms with E-state index in [1.54, 1.807) is 0 Å². The van der Waals surface area contributed by atoms with Gasteiger partial charge in [-0.3, -0.25) is 4.79 Å². The van der Waals surface area contributed by atoms with Crippen LogP contribution in [-0.4, -0.2) is 39.1 Å². The van der Waals surface area contributed by atoms with E-state index in [4.69, 9.17) is 5.11 Å². The van der Waals surface area contributed by atoms with Gasteiger partial charge in [-0.2, -0.15) is 0 Å². The lowest BCUT2D eigenvalue weighted by atomic mass is 10.3. The number of hydrogen-bond acceptors (Lipinski definition) is 3. The first-order valence-corrected chi connectivity index (χ1v) is 6.08. The lowest BCUT2D eigenvalue weighted by Crippen LogP contribution is -2.21. The highest BCUT2D eigenvalue weighted by molar-refractivity contribution is 5.66. The Labute approximate surface area is 101 Å². The van der Waals surface area contributed by atoms with Crippen molar-refractivity contribution < 1.29 is 9.90 Å². The van der Waals surface area contributed by atoms with E-state index in [1.807, 2.05) is 19.6 Å². The molecule has 1 aliphatic rings. The summed E-state index contributed by atoms with van der Waals surface area (Å²) >= 11 is 0. The first-order chi connectivity index (χ1) is 8.16. The molecule has 0 radical (unpaired) electrons. The van der Waals surface area contributed by atoms with Gasteiger partial charge in [-0.05, 0) is 32.9 Å². The lowest BCUT2D eigenvalue weighted by molar-refractivity contribution is -0.137. The Hall–Kier alpha value is -1.36. The molecule has 0 aromatic carbocycles. The minimum Gasteiger partial charge on any atom is -0.481 e. The minimum absolute atomic E-state index is 0.242. The normalized spacial score (nSPS) is 15.4. The summed E-state index contributed by atoms with van der Waals surface area (Å²) in [6.45, 7) is 1.65. The van der Waals surface area contributed by atoms with Gasteiger partial charge in [0, 0.05) is 25.2 Å². The van der Waals surface area contributed by atoms with Gasteiger partial charge in [-0.1, -0.05) is 0 Å². The number of carbonyl (C=O) groups is 1. The fraction of sp³-hybridized carbons (Fsp3) is 0.667. The molecule has 1 aromatic heterocycles. The molecule has 2 rings (SSSR count). The second-order valence-corrected chi connectivity index (χ2v) is 4.76. The van der Waals surface area contributed by atoms with E-state index in [9.17, 15) is 4.79 Å². The molecule has 1 saturated carbocycles. The summed E-state index contributed by atoms with van der Waals surface area (Å²) in [5.41, 5.74) is 1.23. The van der Waals surface area contributed by atoms with Gasteiger partial charge in [0.15, 0.2) is 0 Å². The minimum atomic E-state index is -0.721. The third-order valence-electron chi connectivity index (χ3n) is 3.05. The Morgan fingerprint density at radius 1 is 1.65 bits per heavy atom. The van der Waals surface area contributed by atoms with Crippen LogP contribution in [0.1, 0.15) is 37.4 Å². The van der Waals surface area contributed by atoms with Crippen molar-refractivity contribution in [3.05, 3.63) is 18.2 Å². The molecule has 17 heavy (non-hydrogen) atoms. The number of carboxylic acids is 1. The Kier molecular flexibility index (Phi) is 3.78. The summed E-state index contributed by atoms with van der Waals surface area (Å²) in [4.78, 5) is 16.8. The first kappa shape index (κ1) is 12.1. The average Bonchev–Trinajstić information content (AvgIpc) is 3.00. The van der Waals surface area contributed by atoms with Crippen LogP contribution in [0.4, 0.5) is 0 Å². The maximum atomic E-state index is 10.4. The molecule has 1 aromatic rings. The summed E-state index contributed by atoms with van der Waals surface area (Å²) in [6, 6.07) is 0.653. The van der Waals surface area contributed by atoms with E-state index in [1.165, 1.54) is 18.5 Å². The van der Waals surface area contributed by atoms with Gasteiger partial charge in [0.1, 0.15) is 0 Å². The van der Waals surface area contributed by atoms with Gasteiger partial charge in [0.2, 0.25) is 0 Å². The number of carboxylic acid groups (broad SMARTS) is 1. The van der Waals surface area contributed by atoms with Crippen molar-refractivity contribution in [2.45, 2.75) is 38.3 Å². The van der Waals surface area contributed by atoms with Crippen molar-refractivity contribution in [1.82, 2.24) is 14.5 Å². The second kappa shape index (κ2) is 5.31. The molecule has 1 N–H and O–H groups in total. The molecule has 94 valence electrons. The van der Waals surface area contributed by atoms with Crippen LogP contribution < -0.4 is 0 Å². The van der Waals surface area contributed by atoms with Gasteiger partial charge < -0.3 is 14.6 Å². The third kappa shape index (κ3) is 3.56. The molecule has 0 bridgehead atoms. The highest BCUT2D eigenvalue weighted by Gasteiger charge is 2.25. The highest BCUT2D eigenvalue weighted by Crippen LogP contribution is 2.35. The molecule has 5 heteroatoms. The maximum Gasteiger partial charge on any atom is 0.303 e. The van der Waals surface area contributed by atoms with Crippen molar-refractivity contribution in [2.24, 2.45) is 0 Å². The molecule has 0 amide bonds. The Morgan fingerprint density at radius 2 is 2.41 bits per heavy atom. The average molecular weight is 237 g/mol. The van der Waals surface area contributed by atoms with Crippen molar-refractivity contribution in [2.75, 3.05) is 13.6 Å². The number of hydrogen-bond donors (Lipinski definition) is 1. The zero-order valence-corrected chi connectivity index (χ0v) is 10.2. The summed E-state index contributed by atoms with van der Waals surface area (Å²) in [7, 11) is 2.02. The number of aromatic nitrogens is 2. The molecule has 0 saturated heterocycles. The Bertz CT molecular complexity index is 385. The third-order valence-corrected chi connectivity index (χ3v) is 3.05. The largest absolute Gasteiger partial charge is 0.481 e. The van der Waals surface area contributed by atoms with Crippen LogP contribution in [0.5, 0.6) is 0 Å². The summed E-state index contributed by atoms with van der Waals surface area (Å²) in [6.07, 6.45) is 7.26. The fourth-order valence-corrected chi connectivity index (χ4v) is 1.99. The predicted molar refractivity (Wildman–Crippen MR) is 63.7 cm³/mol. The van der Waals surface area contributed by atoms with E-state index >= 15 is 0 Å². The summed E-state index contributed by atoms with van der Waals surface area (Å²) in [5.74, 6) is -0.721. The van der Waals surface area contributed by atoms with E-state index in [0.29, 0.717) is 12.5 Å². The number of nitrogens with zero attached hydrogens (tertiary/aromatic N) is 3. The fourth-order valence-electron chi connectivity index (χ4n) is 1.99. The molecule has 1 aliphatic carbocycles. The molecule has 0 spiro atoms. The van der Waals surface area contributed by atoms with Crippen molar-refractivity contribution in [3.63, 3.8) is 0 Å². The molecule has 1 heterocycles. The smallest absolute Gasteiger partial charge is 0.303 e. The van der Waals surface area contributed by atoms with Gasteiger partial charge in [0.25, 0.3) is 0 Å². The molecule has 1 fully saturated rings. The molecule has 5 nitrogen and oxygen atoms in total. The standard InChI is InChI=1S/C12H19N3O2/c1-14(6-2-3-12(16)17)8-11-7-13-9-15(11)10-4-5-10/h7,9-10H,2-6,8H2,1H3,(H,16,17). The van der Waals surface area contributed by atoms with Crippen molar-refractivity contribution >= 4 is 5.97 Å². The number of rotatable bonds is 7. The molecule has 0 aliphatic heterocycles. The van der Waals surface area contributed by atoms with Gasteiger partial charge >= 0.3 is 5.97 Å². The molecular formula is C12H19N3O2. The van der Waals surface area contributed by atoms with Crippen LogP contribution >= 0.6 is 0 Å².